The van der Waals surface area contributed by atoms with Gasteiger partial charge in [0, 0.05) is 38.1 Å². The fraction of sp³-hybridized carbons (Fsp3) is 0.938. The molecule has 1 rings (SSSR count). The lowest BCUT2D eigenvalue weighted by Gasteiger charge is -2.38. The molecule has 2 atom stereocenters. The molecule has 1 heterocycles. The predicted octanol–water partition coefficient (Wildman–Crippen LogP) is 1.37. The summed E-state index contributed by atoms with van der Waals surface area (Å²) in [5.41, 5.74) is 5.70. The van der Waals surface area contributed by atoms with Crippen LogP contribution in [0.15, 0.2) is 0 Å². The van der Waals surface area contributed by atoms with Crippen LogP contribution in [-0.2, 0) is 9.53 Å². The van der Waals surface area contributed by atoms with Gasteiger partial charge in [-0.3, -0.25) is 9.69 Å². The number of morpholine rings is 1. The molecule has 1 amide bonds. The molecule has 21 heavy (non-hydrogen) atoms. The van der Waals surface area contributed by atoms with E-state index in [0.29, 0.717) is 18.4 Å². The summed E-state index contributed by atoms with van der Waals surface area (Å²) >= 11 is 0. The van der Waals surface area contributed by atoms with Crippen molar-refractivity contribution in [1.29, 1.82) is 0 Å². The first-order valence-corrected chi connectivity index (χ1v) is 8.42. The van der Waals surface area contributed by atoms with E-state index in [4.69, 9.17) is 10.5 Å². The van der Waals surface area contributed by atoms with Crippen molar-refractivity contribution in [3.63, 3.8) is 0 Å². The van der Waals surface area contributed by atoms with E-state index in [1.54, 1.807) is 0 Å². The van der Waals surface area contributed by atoms with E-state index in [0.717, 1.165) is 52.1 Å². The van der Waals surface area contributed by atoms with Gasteiger partial charge in [-0.05, 0) is 19.3 Å². The summed E-state index contributed by atoms with van der Waals surface area (Å²) in [5.74, 6) is 0.744. The van der Waals surface area contributed by atoms with Crippen molar-refractivity contribution in [2.75, 3.05) is 32.8 Å². The number of hydrogen-bond acceptors (Lipinski definition) is 4. The highest BCUT2D eigenvalue weighted by atomic mass is 16.5. The van der Waals surface area contributed by atoms with Gasteiger partial charge in [-0.1, -0.05) is 26.7 Å². The molecule has 0 aromatic carbocycles. The standard InChI is InChI=1S/C16H33N3O2/c1-4-14(5-2)15(19-8-10-21-11-9-19)12-18-16(20)7-6-13(3)17/h13-15H,4-12,17H2,1-3H3,(H,18,20). The largest absolute Gasteiger partial charge is 0.379 e. The van der Waals surface area contributed by atoms with Gasteiger partial charge in [0.2, 0.25) is 5.91 Å². The van der Waals surface area contributed by atoms with Crippen LogP contribution in [0.3, 0.4) is 0 Å². The molecule has 0 aliphatic carbocycles. The lowest BCUT2D eigenvalue weighted by atomic mass is 9.92. The smallest absolute Gasteiger partial charge is 0.220 e. The molecule has 0 radical (unpaired) electrons. The molecule has 1 aliphatic rings. The molecule has 0 saturated carbocycles. The summed E-state index contributed by atoms with van der Waals surface area (Å²) in [4.78, 5) is 14.4. The van der Waals surface area contributed by atoms with E-state index in [9.17, 15) is 4.79 Å². The zero-order chi connectivity index (χ0) is 15.7. The van der Waals surface area contributed by atoms with Crippen molar-refractivity contribution in [2.45, 2.75) is 58.5 Å². The fourth-order valence-corrected chi connectivity index (χ4v) is 3.00. The minimum atomic E-state index is 0.0878. The van der Waals surface area contributed by atoms with Crippen LogP contribution < -0.4 is 11.1 Å². The summed E-state index contributed by atoms with van der Waals surface area (Å²) in [7, 11) is 0. The molecule has 0 spiro atoms. The van der Waals surface area contributed by atoms with Gasteiger partial charge in [-0.25, -0.2) is 0 Å². The third-order valence-electron chi connectivity index (χ3n) is 4.44. The number of hydrogen-bond donors (Lipinski definition) is 2. The topological polar surface area (TPSA) is 67.6 Å². The Morgan fingerprint density at radius 3 is 2.43 bits per heavy atom. The van der Waals surface area contributed by atoms with Crippen LogP contribution in [0.2, 0.25) is 0 Å². The maximum absolute atomic E-state index is 11.9. The van der Waals surface area contributed by atoms with E-state index in [-0.39, 0.29) is 11.9 Å². The van der Waals surface area contributed by atoms with Crippen LogP contribution in [0, 0.1) is 5.92 Å². The molecule has 5 nitrogen and oxygen atoms in total. The first-order chi connectivity index (χ1) is 10.1. The summed E-state index contributed by atoms with van der Waals surface area (Å²) in [6.45, 7) is 10.7. The zero-order valence-electron chi connectivity index (χ0n) is 13.9. The number of carbonyl (C=O) groups is 1. The van der Waals surface area contributed by atoms with E-state index in [1.165, 1.54) is 0 Å². The number of nitrogens with zero attached hydrogens (tertiary/aromatic N) is 1. The molecular formula is C16H33N3O2. The Balaban J connectivity index is 2.49. The van der Waals surface area contributed by atoms with Crippen LogP contribution in [0.25, 0.3) is 0 Å². The maximum atomic E-state index is 11.9. The van der Waals surface area contributed by atoms with Crippen molar-refractivity contribution < 1.29 is 9.53 Å². The van der Waals surface area contributed by atoms with E-state index in [1.807, 2.05) is 6.92 Å². The van der Waals surface area contributed by atoms with Crippen molar-refractivity contribution in [2.24, 2.45) is 11.7 Å². The van der Waals surface area contributed by atoms with Gasteiger partial charge in [0.05, 0.1) is 13.2 Å². The fourth-order valence-electron chi connectivity index (χ4n) is 3.00. The molecule has 1 aliphatic heterocycles. The van der Waals surface area contributed by atoms with Gasteiger partial charge in [0.25, 0.3) is 0 Å². The molecule has 124 valence electrons. The van der Waals surface area contributed by atoms with Gasteiger partial charge < -0.3 is 15.8 Å². The summed E-state index contributed by atoms with van der Waals surface area (Å²) < 4.78 is 5.44. The Bertz CT molecular complexity index is 287. The van der Waals surface area contributed by atoms with Crippen molar-refractivity contribution in [1.82, 2.24) is 10.2 Å². The molecule has 5 heteroatoms. The lowest BCUT2D eigenvalue weighted by molar-refractivity contribution is -0.121. The second-order valence-electron chi connectivity index (χ2n) is 6.11. The third-order valence-corrected chi connectivity index (χ3v) is 4.44. The van der Waals surface area contributed by atoms with Gasteiger partial charge in [-0.2, -0.15) is 0 Å². The van der Waals surface area contributed by atoms with Crippen LogP contribution in [0.5, 0.6) is 0 Å². The highest BCUT2D eigenvalue weighted by Gasteiger charge is 2.27. The Kier molecular flexibility index (Phi) is 8.88. The van der Waals surface area contributed by atoms with E-state index in [2.05, 4.69) is 24.1 Å². The number of nitrogens with one attached hydrogen (secondary N) is 1. The Labute approximate surface area is 129 Å². The maximum Gasteiger partial charge on any atom is 0.220 e. The number of rotatable bonds is 9. The van der Waals surface area contributed by atoms with Gasteiger partial charge >= 0.3 is 0 Å². The second kappa shape index (κ2) is 10.1. The van der Waals surface area contributed by atoms with Crippen LogP contribution in [-0.4, -0.2) is 55.7 Å². The second-order valence-corrected chi connectivity index (χ2v) is 6.11. The summed E-state index contributed by atoms with van der Waals surface area (Å²) in [6.07, 6.45) is 3.57. The Hall–Kier alpha value is -0.650. The average Bonchev–Trinajstić information content (AvgIpc) is 2.50. The van der Waals surface area contributed by atoms with Gasteiger partial charge in [-0.15, -0.1) is 0 Å². The lowest BCUT2D eigenvalue weighted by Crippen LogP contribution is -2.52. The van der Waals surface area contributed by atoms with Crippen LogP contribution in [0.1, 0.15) is 46.5 Å². The first-order valence-electron chi connectivity index (χ1n) is 8.42. The number of amides is 1. The molecular weight excluding hydrogens is 266 g/mol. The summed E-state index contributed by atoms with van der Waals surface area (Å²) in [6, 6.07) is 0.507. The molecule has 1 fully saturated rings. The summed E-state index contributed by atoms with van der Waals surface area (Å²) in [5, 5.41) is 3.11. The SMILES string of the molecule is CCC(CC)C(CNC(=O)CCC(C)N)N1CCOCC1. The number of ether oxygens (including phenoxy) is 1. The number of nitrogens with two attached hydrogens (primary N) is 1. The highest BCUT2D eigenvalue weighted by molar-refractivity contribution is 5.75. The van der Waals surface area contributed by atoms with Crippen molar-refractivity contribution in [3.05, 3.63) is 0 Å². The molecule has 0 aromatic rings. The quantitative estimate of drug-likeness (QED) is 0.675. The third kappa shape index (κ3) is 6.76. The monoisotopic (exact) mass is 299 g/mol. The normalized spacial score (nSPS) is 19.5. The first kappa shape index (κ1) is 18.4. The van der Waals surface area contributed by atoms with Crippen LogP contribution >= 0.6 is 0 Å². The Morgan fingerprint density at radius 2 is 1.90 bits per heavy atom. The van der Waals surface area contributed by atoms with Gasteiger partial charge in [0.15, 0.2) is 0 Å². The minimum Gasteiger partial charge on any atom is -0.379 e. The van der Waals surface area contributed by atoms with Crippen molar-refractivity contribution >= 4 is 5.91 Å². The van der Waals surface area contributed by atoms with E-state index < -0.39 is 0 Å². The minimum absolute atomic E-state index is 0.0878. The molecule has 1 saturated heterocycles. The van der Waals surface area contributed by atoms with Crippen molar-refractivity contribution in [3.8, 4) is 0 Å². The number of carbonyl (C=O) groups excluding carboxylic acids is 1. The molecule has 0 bridgehead atoms. The zero-order valence-corrected chi connectivity index (χ0v) is 13.9. The predicted molar refractivity (Wildman–Crippen MR) is 86.1 cm³/mol. The Morgan fingerprint density at radius 1 is 1.29 bits per heavy atom. The molecule has 3 N–H and O–H groups in total. The average molecular weight is 299 g/mol. The van der Waals surface area contributed by atoms with Crippen LogP contribution in [0.4, 0.5) is 0 Å². The molecule has 0 aromatic heterocycles. The highest BCUT2D eigenvalue weighted by Crippen LogP contribution is 2.19. The van der Waals surface area contributed by atoms with E-state index >= 15 is 0 Å². The molecule has 2 unspecified atom stereocenters. The van der Waals surface area contributed by atoms with Gasteiger partial charge in [0.1, 0.15) is 0 Å².